The van der Waals surface area contributed by atoms with Crippen LogP contribution in [-0.4, -0.2) is 31.2 Å². The molecule has 3 aromatic rings. The normalized spacial score (nSPS) is 10.8. The molecule has 1 N–H and O–H groups in total. The van der Waals surface area contributed by atoms with E-state index in [1.807, 2.05) is 23.6 Å². The number of carbonyl (C=O) groups is 1. The molecule has 2 aromatic carbocycles. The van der Waals surface area contributed by atoms with E-state index in [0.717, 1.165) is 16.1 Å². The number of amides is 1. The van der Waals surface area contributed by atoms with Crippen LogP contribution in [0.5, 0.6) is 11.5 Å². The van der Waals surface area contributed by atoms with Gasteiger partial charge < -0.3 is 14.8 Å². The highest BCUT2D eigenvalue weighted by atomic mass is 35.5. The third-order valence-electron chi connectivity index (χ3n) is 4.18. The number of rotatable bonds is 9. The maximum absolute atomic E-state index is 12.4. The lowest BCUT2D eigenvalue weighted by Crippen LogP contribution is -2.27. The number of methoxy groups -OCH3 is 1. The zero-order chi connectivity index (χ0) is 21.5. The van der Waals surface area contributed by atoms with E-state index < -0.39 is 6.61 Å². The van der Waals surface area contributed by atoms with Gasteiger partial charge >= 0.3 is 6.61 Å². The first-order valence-electron chi connectivity index (χ1n) is 9.04. The minimum atomic E-state index is -2.92. The van der Waals surface area contributed by atoms with Gasteiger partial charge in [0, 0.05) is 17.5 Å². The maximum atomic E-state index is 12.4. The summed E-state index contributed by atoms with van der Waals surface area (Å²) in [7, 11) is 1.38. The fourth-order valence-electron chi connectivity index (χ4n) is 2.78. The Labute approximate surface area is 181 Å². The van der Waals surface area contributed by atoms with Gasteiger partial charge in [0.2, 0.25) is 5.91 Å². The summed E-state index contributed by atoms with van der Waals surface area (Å²) in [6, 6.07) is 12.1. The number of ether oxygens (including phenoxy) is 2. The largest absolute Gasteiger partial charge is 0.493 e. The Morgan fingerprint density at radius 2 is 2.03 bits per heavy atom. The summed E-state index contributed by atoms with van der Waals surface area (Å²) < 4.78 is 34.3. The fraction of sp³-hybridized carbons (Fsp3) is 0.238. The predicted octanol–water partition coefficient (Wildman–Crippen LogP) is 4.97. The van der Waals surface area contributed by atoms with Crippen LogP contribution in [0.25, 0.3) is 10.6 Å². The minimum Gasteiger partial charge on any atom is -0.493 e. The Bertz CT molecular complexity index is 1010. The van der Waals surface area contributed by atoms with Gasteiger partial charge in [-0.2, -0.15) is 8.78 Å². The smallest absolute Gasteiger partial charge is 0.387 e. The predicted molar refractivity (Wildman–Crippen MR) is 113 cm³/mol. The molecule has 0 bridgehead atoms. The van der Waals surface area contributed by atoms with Gasteiger partial charge in [-0.15, -0.1) is 11.3 Å². The van der Waals surface area contributed by atoms with E-state index in [1.54, 1.807) is 18.2 Å². The lowest BCUT2D eigenvalue weighted by atomic mass is 10.1. The molecule has 158 valence electrons. The van der Waals surface area contributed by atoms with E-state index in [-0.39, 0.29) is 23.8 Å². The summed E-state index contributed by atoms with van der Waals surface area (Å²) >= 11 is 7.62. The second kappa shape index (κ2) is 10.4. The van der Waals surface area contributed by atoms with Crippen molar-refractivity contribution in [3.05, 3.63) is 64.1 Å². The van der Waals surface area contributed by atoms with Crippen LogP contribution in [0.3, 0.4) is 0 Å². The molecule has 0 saturated heterocycles. The monoisotopic (exact) mass is 452 g/mol. The molecule has 0 radical (unpaired) electrons. The van der Waals surface area contributed by atoms with Gasteiger partial charge in [0.05, 0.1) is 24.2 Å². The summed E-state index contributed by atoms with van der Waals surface area (Å²) in [5, 5.41) is 6.05. The molecule has 0 fully saturated rings. The standard InChI is InChI=1S/C21H19ClF2N2O3S/c1-28-18-10-13(6-7-17(18)29-21(23)24)8-9-25-19(27)11-14-12-30-20(26-14)15-4-2-3-5-16(15)22/h2-7,10,12,21H,8-9,11H2,1H3,(H,25,27). The van der Waals surface area contributed by atoms with Gasteiger partial charge in [-0.1, -0.05) is 35.9 Å². The number of nitrogens with one attached hydrogen (secondary N) is 1. The molecule has 3 rings (SSSR count). The summed E-state index contributed by atoms with van der Waals surface area (Å²) in [5.74, 6) is 0.0301. The van der Waals surface area contributed by atoms with Crippen LogP contribution >= 0.6 is 22.9 Å². The Morgan fingerprint density at radius 3 is 2.77 bits per heavy atom. The molecule has 1 amide bonds. The van der Waals surface area contributed by atoms with Crippen molar-refractivity contribution in [2.75, 3.05) is 13.7 Å². The minimum absolute atomic E-state index is 0.0295. The average molecular weight is 453 g/mol. The van der Waals surface area contributed by atoms with Gasteiger partial charge in [0.1, 0.15) is 5.01 Å². The first-order chi connectivity index (χ1) is 14.5. The third kappa shape index (κ3) is 5.90. The molecule has 0 aliphatic heterocycles. The van der Waals surface area contributed by atoms with E-state index in [2.05, 4.69) is 15.0 Å². The van der Waals surface area contributed by atoms with Crippen molar-refractivity contribution in [3.8, 4) is 22.1 Å². The Balaban J connectivity index is 1.51. The topological polar surface area (TPSA) is 60.5 Å². The number of alkyl halides is 2. The van der Waals surface area contributed by atoms with Gasteiger partial charge in [0.15, 0.2) is 11.5 Å². The number of benzene rings is 2. The van der Waals surface area contributed by atoms with Gasteiger partial charge in [-0.25, -0.2) is 4.98 Å². The highest BCUT2D eigenvalue weighted by Crippen LogP contribution is 2.31. The fourth-order valence-corrected chi connectivity index (χ4v) is 3.92. The van der Waals surface area contributed by atoms with Gasteiger partial charge in [0.25, 0.3) is 0 Å². The molecular weight excluding hydrogens is 434 g/mol. The SMILES string of the molecule is COc1cc(CCNC(=O)Cc2csc(-c3ccccc3Cl)n2)ccc1OC(F)F. The number of thiazole rings is 1. The number of hydrogen-bond acceptors (Lipinski definition) is 5. The number of carbonyl (C=O) groups excluding carboxylic acids is 1. The first kappa shape index (κ1) is 22.0. The van der Waals surface area contributed by atoms with E-state index in [4.69, 9.17) is 16.3 Å². The molecule has 1 heterocycles. The van der Waals surface area contributed by atoms with E-state index in [9.17, 15) is 13.6 Å². The van der Waals surface area contributed by atoms with Crippen molar-refractivity contribution in [2.24, 2.45) is 0 Å². The summed E-state index contributed by atoms with van der Waals surface area (Å²) in [5.41, 5.74) is 2.33. The number of nitrogens with zero attached hydrogens (tertiary/aromatic N) is 1. The van der Waals surface area contributed by atoms with Crippen molar-refractivity contribution in [2.45, 2.75) is 19.5 Å². The maximum Gasteiger partial charge on any atom is 0.387 e. The van der Waals surface area contributed by atoms with Gasteiger partial charge in [-0.05, 0) is 30.2 Å². The molecule has 0 atom stereocenters. The zero-order valence-electron chi connectivity index (χ0n) is 16.0. The second-order valence-corrected chi connectivity index (χ2v) is 7.53. The number of hydrogen-bond donors (Lipinski definition) is 1. The van der Waals surface area contributed by atoms with Crippen LogP contribution < -0.4 is 14.8 Å². The molecule has 5 nitrogen and oxygen atoms in total. The molecule has 0 aliphatic carbocycles. The van der Waals surface area contributed by atoms with Crippen molar-refractivity contribution >= 4 is 28.8 Å². The van der Waals surface area contributed by atoms with Crippen LogP contribution in [-0.2, 0) is 17.6 Å². The molecule has 0 saturated carbocycles. The highest BCUT2D eigenvalue weighted by molar-refractivity contribution is 7.13. The lowest BCUT2D eigenvalue weighted by Gasteiger charge is -2.11. The van der Waals surface area contributed by atoms with Gasteiger partial charge in [-0.3, -0.25) is 4.79 Å². The molecule has 30 heavy (non-hydrogen) atoms. The second-order valence-electron chi connectivity index (χ2n) is 6.26. The number of halogens is 3. The Morgan fingerprint density at radius 1 is 1.23 bits per heavy atom. The van der Waals surface area contributed by atoms with Crippen LogP contribution in [0, 0.1) is 0 Å². The molecule has 9 heteroatoms. The van der Waals surface area contributed by atoms with Crippen molar-refractivity contribution < 1.29 is 23.0 Å². The number of aromatic nitrogens is 1. The molecular formula is C21H19ClF2N2O3S. The van der Waals surface area contributed by atoms with E-state index in [1.165, 1.54) is 24.5 Å². The third-order valence-corrected chi connectivity index (χ3v) is 5.43. The summed E-state index contributed by atoms with van der Waals surface area (Å²) in [6.45, 7) is -2.54. The van der Waals surface area contributed by atoms with E-state index in [0.29, 0.717) is 23.7 Å². The van der Waals surface area contributed by atoms with E-state index >= 15 is 0 Å². The van der Waals surface area contributed by atoms with Crippen LogP contribution in [0.2, 0.25) is 5.02 Å². The summed E-state index contributed by atoms with van der Waals surface area (Å²) in [4.78, 5) is 16.7. The lowest BCUT2D eigenvalue weighted by molar-refractivity contribution is -0.120. The molecule has 0 unspecified atom stereocenters. The average Bonchev–Trinajstić information content (AvgIpc) is 3.17. The molecule has 0 aliphatic rings. The van der Waals surface area contributed by atoms with Crippen molar-refractivity contribution in [1.29, 1.82) is 0 Å². The van der Waals surface area contributed by atoms with Crippen LogP contribution in [0.1, 0.15) is 11.3 Å². The Hall–Kier alpha value is -2.71. The summed E-state index contributed by atoms with van der Waals surface area (Å²) in [6.07, 6.45) is 0.671. The molecule has 0 spiro atoms. The van der Waals surface area contributed by atoms with Crippen molar-refractivity contribution in [3.63, 3.8) is 0 Å². The zero-order valence-corrected chi connectivity index (χ0v) is 17.6. The van der Waals surface area contributed by atoms with Crippen LogP contribution in [0.4, 0.5) is 8.78 Å². The highest BCUT2D eigenvalue weighted by Gasteiger charge is 2.13. The first-order valence-corrected chi connectivity index (χ1v) is 10.3. The Kier molecular flexibility index (Phi) is 7.59. The molecule has 1 aromatic heterocycles. The van der Waals surface area contributed by atoms with Crippen LogP contribution in [0.15, 0.2) is 47.8 Å². The van der Waals surface area contributed by atoms with Crippen molar-refractivity contribution in [1.82, 2.24) is 10.3 Å². The quantitative estimate of drug-likeness (QED) is 0.497.